The molecule has 0 spiro atoms. The molecule has 0 saturated heterocycles. The minimum atomic E-state index is -0.298. The number of fused-ring (bicyclic) bond motifs is 1. The Labute approximate surface area is 156 Å². The summed E-state index contributed by atoms with van der Waals surface area (Å²) in [5, 5.41) is 3.80. The molecule has 0 fully saturated rings. The van der Waals surface area contributed by atoms with Gasteiger partial charge in [0.1, 0.15) is 18.3 Å². The largest absolute Gasteiger partial charge is 0.354 e. The lowest BCUT2D eigenvalue weighted by molar-refractivity contribution is -0.121. The number of nitrogens with one attached hydrogen (secondary N) is 1. The Morgan fingerprint density at radius 2 is 2.23 bits per heavy atom. The fraction of sp³-hybridized carbons (Fsp3) is 0.500. The third kappa shape index (κ3) is 4.69. The summed E-state index contributed by atoms with van der Waals surface area (Å²) in [6, 6.07) is 0. The van der Waals surface area contributed by atoms with E-state index in [0.29, 0.717) is 22.7 Å². The number of allylic oxidation sites excluding steroid dienone is 1. The Balaban J connectivity index is 1.61. The van der Waals surface area contributed by atoms with Crippen molar-refractivity contribution in [3.05, 3.63) is 34.5 Å². The maximum absolute atomic E-state index is 12.5. The molecule has 0 saturated carbocycles. The van der Waals surface area contributed by atoms with Crippen LogP contribution >= 0.6 is 11.8 Å². The minimum Gasteiger partial charge on any atom is -0.354 e. The van der Waals surface area contributed by atoms with E-state index in [1.54, 1.807) is 0 Å². The number of hydrogen-bond donors (Lipinski definition) is 1. The van der Waals surface area contributed by atoms with Crippen molar-refractivity contribution in [2.45, 2.75) is 50.7 Å². The van der Waals surface area contributed by atoms with Crippen LogP contribution < -0.4 is 10.9 Å². The molecule has 1 aliphatic carbocycles. The number of nitrogens with zero attached hydrogens (tertiary/aromatic N) is 4. The van der Waals surface area contributed by atoms with Crippen LogP contribution in [0.15, 0.2) is 34.1 Å². The van der Waals surface area contributed by atoms with Crippen LogP contribution in [0.5, 0.6) is 0 Å². The average Bonchev–Trinajstić information content (AvgIpc) is 2.65. The van der Waals surface area contributed by atoms with Crippen molar-refractivity contribution in [3.63, 3.8) is 0 Å². The van der Waals surface area contributed by atoms with Crippen molar-refractivity contribution in [1.82, 2.24) is 24.8 Å². The van der Waals surface area contributed by atoms with Crippen molar-refractivity contribution in [1.29, 1.82) is 0 Å². The molecule has 8 heteroatoms. The summed E-state index contributed by atoms with van der Waals surface area (Å²) in [6.45, 7) is 2.56. The Hall–Kier alpha value is -2.22. The lowest BCUT2D eigenvalue weighted by Crippen LogP contribution is -2.33. The molecule has 0 aliphatic heterocycles. The molecule has 7 nitrogen and oxygen atoms in total. The van der Waals surface area contributed by atoms with Crippen molar-refractivity contribution in [3.8, 4) is 0 Å². The standard InChI is InChI=1S/C18H23N5O2S/c1-2-26-18-20-10-14-16(22-18)21-12-23(17(14)25)11-15(24)19-9-8-13-6-4-3-5-7-13/h6,10,12H,2-5,7-9,11H2,1H3,(H,19,24). The Morgan fingerprint density at radius 1 is 1.35 bits per heavy atom. The first-order valence-electron chi connectivity index (χ1n) is 8.97. The van der Waals surface area contributed by atoms with Gasteiger partial charge in [0, 0.05) is 12.7 Å². The van der Waals surface area contributed by atoms with E-state index in [-0.39, 0.29) is 18.0 Å². The summed E-state index contributed by atoms with van der Waals surface area (Å²) < 4.78 is 1.30. The van der Waals surface area contributed by atoms with Gasteiger partial charge < -0.3 is 5.32 Å². The highest BCUT2D eigenvalue weighted by molar-refractivity contribution is 7.99. The van der Waals surface area contributed by atoms with E-state index in [2.05, 4.69) is 26.3 Å². The van der Waals surface area contributed by atoms with Gasteiger partial charge in [-0.15, -0.1) is 0 Å². The van der Waals surface area contributed by atoms with Gasteiger partial charge >= 0.3 is 0 Å². The van der Waals surface area contributed by atoms with Crippen LogP contribution in [-0.2, 0) is 11.3 Å². The lowest BCUT2D eigenvalue weighted by Gasteiger charge is -2.13. The molecular weight excluding hydrogens is 350 g/mol. The Kier molecular flexibility index (Phi) is 6.38. The second-order valence-corrected chi connectivity index (χ2v) is 7.44. The summed E-state index contributed by atoms with van der Waals surface area (Å²) in [5.41, 5.74) is 1.48. The van der Waals surface area contributed by atoms with Crippen LogP contribution in [0.3, 0.4) is 0 Å². The maximum Gasteiger partial charge on any atom is 0.264 e. The summed E-state index contributed by atoms with van der Waals surface area (Å²) in [6.07, 6.45) is 10.8. The minimum absolute atomic E-state index is 0.0493. The second kappa shape index (κ2) is 8.93. The van der Waals surface area contributed by atoms with Crippen LogP contribution in [0, 0.1) is 0 Å². The zero-order valence-electron chi connectivity index (χ0n) is 14.9. The van der Waals surface area contributed by atoms with E-state index >= 15 is 0 Å². The van der Waals surface area contributed by atoms with E-state index in [4.69, 9.17) is 0 Å². The van der Waals surface area contributed by atoms with Crippen LogP contribution in [0.4, 0.5) is 0 Å². The first-order valence-corrected chi connectivity index (χ1v) is 9.95. The van der Waals surface area contributed by atoms with Gasteiger partial charge in [0.2, 0.25) is 5.91 Å². The first kappa shape index (κ1) is 18.6. The number of amides is 1. The van der Waals surface area contributed by atoms with E-state index < -0.39 is 0 Å². The zero-order chi connectivity index (χ0) is 18.4. The highest BCUT2D eigenvalue weighted by Crippen LogP contribution is 2.19. The molecule has 1 amide bonds. The quantitative estimate of drug-likeness (QED) is 0.455. The average molecular weight is 373 g/mol. The smallest absolute Gasteiger partial charge is 0.264 e. The predicted octanol–water partition coefficient (Wildman–Crippen LogP) is 2.31. The first-order chi connectivity index (χ1) is 12.7. The number of rotatable bonds is 7. The fourth-order valence-electron chi connectivity index (χ4n) is 2.95. The summed E-state index contributed by atoms with van der Waals surface area (Å²) >= 11 is 1.49. The van der Waals surface area contributed by atoms with Crippen LogP contribution in [0.1, 0.15) is 39.0 Å². The monoisotopic (exact) mass is 373 g/mol. The van der Waals surface area contributed by atoms with Gasteiger partial charge in [-0.1, -0.05) is 30.3 Å². The molecule has 1 aliphatic rings. The number of hydrogen-bond acceptors (Lipinski definition) is 6. The van der Waals surface area contributed by atoms with Crippen LogP contribution in [0.2, 0.25) is 0 Å². The molecule has 138 valence electrons. The van der Waals surface area contributed by atoms with Crippen molar-refractivity contribution in [2.75, 3.05) is 12.3 Å². The van der Waals surface area contributed by atoms with E-state index in [1.165, 1.54) is 47.3 Å². The molecule has 26 heavy (non-hydrogen) atoms. The number of carbonyl (C=O) groups is 1. The van der Waals surface area contributed by atoms with Gasteiger partial charge in [-0.2, -0.15) is 0 Å². The summed E-state index contributed by atoms with van der Waals surface area (Å²) in [5.74, 6) is 0.656. The van der Waals surface area contributed by atoms with Crippen molar-refractivity contribution >= 4 is 28.7 Å². The molecule has 0 unspecified atom stereocenters. The highest BCUT2D eigenvalue weighted by Gasteiger charge is 2.11. The molecule has 1 N–H and O–H groups in total. The van der Waals surface area contributed by atoms with Gasteiger partial charge in [0.05, 0.1) is 0 Å². The predicted molar refractivity (Wildman–Crippen MR) is 102 cm³/mol. The van der Waals surface area contributed by atoms with Crippen LogP contribution in [0.25, 0.3) is 11.0 Å². The van der Waals surface area contributed by atoms with Gasteiger partial charge in [-0.05, 0) is 37.9 Å². The molecule has 0 aromatic carbocycles. The topological polar surface area (TPSA) is 89.8 Å². The van der Waals surface area contributed by atoms with Gasteiger partial charge in [0.25, 0.3) is 5.56 Å². The fourth-order valence-corrected chi connectivity index (χ4v) is 3.49. The zero-order valence-corrected chi connectivity index (χ0v) is 15.7. The molecule has 3 rings (SSSR count). The molecule has 0 bridgehead atoms. The van der Waals surface area contributed by atoms with E-state index in [0.717, 1.165) is 25.0 Å². The molecular formula is C18H23N5O2S. The summed E-state index contributed by atoms with van der Waals surface area (Å²) in [4.78, 5) is 37.3. The maximum atomic E-state index is 12.5. The second-order valence-electron chi connectivity index (χ2n) is 6.21. The van der Waals surface area contributed by atoms with Crippen LogP contribution in [-0.4, -0.2) is 37.7 Å². The molecule has 2 heterocycles. The van der Waals surface area contributed by atoms with E-state index in [1.807, 2.05) is 6.92 Å². The highest BCUT2D eigenvalue weighted by atomic mass is 32.2. The summed E-state index contributed by atoms with van der Waals surface area (Å²) in [7, 11) is 0. The molecule has 2 aromatic rings. The molecule has 0 radical (unpaired) electrons. The van der Waals surface area contributed by atoms with Gasteiger partial charge in [-0.3, -0.25) is 14.2 Å². The third-order valence-corrected chi connectivity index (χ3v) is 5.04. The Morgan fingerprint density at radius 3 is 3.00 bits per heavy atom. The Bertz CT molecular complexity index is 878. The number of aromatic nitrogens is 4. The lowest BCUT2D eigenvalue weighted by atomic mass is 9.97. The number of thioether (sulfide) groups is 1. The van der Waals surface area contributed by atoms with Gasteiger partial charge in [0.15, 0.2) is 10.8 Å². The normalized spacial score (nSPS) is 14.3. The van der Waals surface area contributed by atoms with E-state index in [9.17, 15) is 9.59 Å². The third-order valence-electron chi connectivity index (χ3n) is 4.30. The van der Waals surface area contributed by atoms with Gasteiger partial charge in [-0.25, -0.2) is 15.0 Å². The molecule has 2 aromatic heterocycles. The SMILES string of the molecule is CCSc1ncc2c(=O)n(CC(=O)NCCC3=CCCCC3)cnc2n1. The number of carbonyl (C=O) groups excluding carboxylic acids is 1. The molecule has 0 atom stereocenters. The van der Waals surface area contributed by atoms with Crippen molar-refractivity contribution < 1.29 is 4.79 Å². The van der Waals surface area contributed by atoms with Crippen molar-refractivity contribution in [2.24, 2.45) is 0 Å².